The molecule has 0 spiro atoms. The fourth-order valence-electron chi connectivity index (χ4n) is 2.56. The van der Waals surface area contributed by atoms with Gasteiger partial charge in [-0.25, -0.2) is 4.79 Å². The molecule has 4 nitrogen and oxygen atoms in total. The molecule has 3 N–H and O–H groups in total. The third kappa shape index (κ3) is 6.01. The van der Waals surface area contributed by atoms with E-state index in [1.54, 1.807) is 11.3 Å². The molecule has 1 heterocycles. The molecule has 0 aliphatic rings. The number of nitrogens with two attached hydrogens (primary N) is 1. The summed E-state index contributed by atoms with van der Waals surface area (Å²) in [5.74, 6) is -0.487. The van der Waals surface area contributed by atoms with Crippen LogP contribution in [0.5, 0.6) is 0 Å². The van der Waals surface area contributed by atoms with Gasteiger partial charge in [0.05, 0.1) is 11.6 Å². The summed E-state index contributed by atoms with van der Waals surface area (Å²) in [7, 11) is 0. The lowest BCUT2D eigenvalue weighted by Crippen LogP contribution is -2.04. The van der Waals surface area contributed by atoms with E-state index in [0.29, 0.717) is 11.3 Å². The van der Waals surface area contributed by atoms with Crippen LogP contribution in [-0.2, 0) is 4.79 Å². The number of fused-ring (bicyclic) bond motifs is 1. The standard InChI is InChI=1S/C20H20N2O2S2.C2H6/c1-3-15(17-12-26-18-7-5-4-6-16(17)18)14(9-21)8-13(2)11-25-19(10-22)20(23)24;1-2/h3-8,10,12-13H,11,22H2,1-2H3,(H,23,24);1-2H3/b14-8-,15-3+,19-10-;/t13-;/m0./s1. The first-order valence-electron chi connectivity index (χ1n) is 9.05. The number of rotatable bonds is 7. The van der Waals surface area contributed by atoms with Gasteiger partial charge in [0.15, 0.2) is 0 Å². The maximum absolute atomic E-state index is 11.0. The summed E-state index contributed by atoms with van der Waals surface area (Å²) in [5.41, 5.74) is 7.88. The average molecular weight is 415 g/mol. The monoisotopic (exact) mass is 414 g/mol. The van der Waals surface area contributed by atoms with E-state index < -0.39 is 5.97 Å². The molecule has 0 aliphatic carbocycles. The number of thioether (sulfide) groups is 1. The smallest absolute Gasteiger partial charge is 0.343 e. The highest BCUT2D eigenvalue weighted by molar-refractivity contribution is 8.03. The quantitative estimate of drug-likeness (QED) is 0.328. The van der Waals surface area contributed by atoms with Crippen LogP contribution < -0.4 is 5.73 Å². The van der Waals surface area contributed by atoms with Crippen LogP contribution in [0.2, 0.25) is 0 Å². The Morgan fingerprint density at radius 2 is 2.07 bits per heavy atom. The molecule has 0 fully saturated rings. The summed E-state index contributed by atoms with van der Waals surface area (Å²) >= 11 is 2.83. The van der Waals surface area contributed by atoms with Crippen LogP contribution in [0.15, 0.2) is 58.5 Å². The Morgan fingerprint density at radius 3 is 2.64 bits per heavy atom. The Hall–Kier alpha value is -2.49. The van der Waals surface area contributed by atoms with Crippen LogP contribution in [0.4, 0.5) is 0 Å². The Labute approximate surface area is 175 Å². The summed E-state index contributed by atoms with van der Waals surface area (Å²) in [5, 5.41) is 21.9. The van der Waals surface area contributed by atoms with Gasteiger partial charge in [-0.2, -0.15) is 5.26 Å². The van der Waals surface area contributed by atoms with Crippen molar-refractivity contribution in [2.45, 2.75) is 27.7 Å². The molecule has 1 aromatic carbocycles. The molecule has 2 rings (SSSR count). The molecule has 0 aliphatic heterocycles. The van der Waals surface area contributed by atoms with Gasteiger partial charge in [0, 0.05) is 27.6 Å². The van der Waals surface area contributed by atoms with E-state index in [0.717, 1.165) is 22.7 Å². The van der Waals surface area contributed by atoms with E-state index in [1.807, 2.05) is 52.0 Å². The van der Waals surface area contributed by atoms with E-state index in [-0.39, 0.29) is 10.8 Å². The predicted molar refractivity (Wildman–Crippen MR) is 122 cm³/mol. The number of carbonyl (C=O) groups is 1. The Morgan fingerprint density at radius 1 is 1.39 bits per heavy atom. The zero-order valence-corrected chi connectivity index (χ0v) is 18.2. The summed E-state index contributed by atoms with van der Waals surface area (Å²) in [6, 6.07) is 10.4. The molecule has 0 radical (unpaired) electrons. The number of nitriles is 1. The van der Waals surface area contributed by atoms with Gasteiger partial charge in [-0.15, -0.1) is 23.1 Å². The molecule has 6 heteroatoms. The SMILES string of the molecule is C/C=C(\C(C#N)=C/[C@H](C)CS/C(=C\N)C(=O)O)c1csc2ccccc12.CC. The highest BCUT2D eigenvalue weighted by Gasteiger charge is 2.14. The Balaban J connectivity index is 0.00000190. The zero-order chi connectivity index (χ0) is 21.1. The van der Waals surface area contributed by atoms with Crippen molar-refractivity contribution in [2.24, 2.45) is 11.7 Å². The lowest BCUT2D eigenvalue weighted by atomic mass is 9.95. The second-order valence-corrected chi connectivity index (χ2v) is 7.64. The Bertz CT molecular complexity index is 933. The van der Waals surface area contributed by atoms with Crippen LogP contribution in [0.25, 0.3) is 15.7 Å². The van der Waals surface area contributed by atoms with Crippen molar-refractivity contribution in [3.63, 3.8) is 0 Å². The highest BCUT2D eigenvalue weighted by atomic mass is 32.2. The largest absolute Gasteiger partial charge is 0.477 e. The first-order chi connectivity index (χ1) is 13.5. The number of hydrogen-bond acceptors (Lipinski definition) is 5. The summed E-state index contributed by atoms with van der Waals surface area (Å²) < 4.78 is 1.18. The lowest BCUT2D eigenvalue weighted by molar-refractivity contribution is -0.131. The van der Waals surface area contributed by atoms with Gasteiger partial charge in [0.25, 0.3) is 0 Å². The van der Waals surface area contributed by atoms with E-state index in [1.165, 1.54) is 16.5 Å². The van der Waals surface area contributed by atoms with Gasteiger partial charge < -0.3 is 10.8 Å². The number of carboxylic acid groups (broad SMARTS) is 1. The summed E-state index contributed by atoms with van der Waals surface area (Å²) in [6.07, 6.45) is 4.94. The fraction of sp³-hybridized carbons (Fsp3) is 0.273. The third-order valence-corrected chi connectivity index (χ3v) is 6.06. The molecule has 0 amide bonds. The van der Waals surface area contributed by atoms with Crippen molar-refractivity contribution in [3.8, 4) is 6.07 Å². The second-order valence-electron chi connectivity index (χ2n) is 5.66. The Kier molecular flexibility index (Phi) is 10.1. The van der Waals surface area contributed by atoms with Crippen molar-refractivity contribution in [2.75, 3.05) is 5.75 Å². The third-order valence-electron chi connectivity index (χ3n) is 3.79. The van der Waals surface area contributed by atoms with Crippen molar-refractivity contribution in [3.05, 3.63) is 64.0 Å². The van der Waals surface area contributed by atoms with Crippen molar-refractivity contribution < 1.29 is 9.90 Å². The van der Waals surface area contributed by atoms with Gasteiger partial charge in [-0.05, 0) is 29.9 Å². The van der Waals surface area contributed by atoms with E-state index in [4.69, 9.17) is 10.8 Å². The topological polar surface area (TPSA) is 87.1 Å². The minimum atomic E-state index is -1.03. The summed E-state index contributed by atoms with van der Waals surface area (Å²) in [6.45, 7) is 7.88. The molecular weight excluding hydrogens is 388 g/mol. The molecule has 0 saturated heterocycles. The normalized spacial score (nSPS) is 13.5. The van der Waals surface area contributed by atoms with E-state index in [9.17, 15) is 10.1 Å². The minimum absolute atomic E-state index is 0.0174. The highest BCUT2D eigenvalue weighted by Crippen LogP contribution is 2.34. The van der Waals surface area contributed by atoms with Gasteiger partial charge in [-0.1, -0.05) is 51.1 Å². The molecule has 148 valence electrons. The van der Waals surface area contributed by atoms with Gasteiger partial charge in [0.1, 0.15) is 4.91 Å². The van der Waals surface area contributed by atoms with Gasteiger partial charge >= 0.3 is 5.97 Å². The van der Waals surface area contributed by atoms with Gasteiger partial charge in [0.2, 0.25) is 0 Å². The van der Waals surface area contributed by atoms with Gasteiger partial charge in [-0.3, -0.25) is 0 Å². The van der Waals surface area contributed by atoms with Crippen LogP contribution in [-0.4, -0.2) is 16.8 Å². The maximum Gasteiger partial charge on any atom is 0.343 e. The van der Waals surface area contributed by atoms with E-state index >= 15 is 0 Å². The van der Waals surface area contributed by atoms with E-state index in [2.05, 4.69) is 23.6 Å². The first-order valence-corrected chi connectivity index (χ1v) is 10.9. The molecule has 0 saturated carbocycles. The molecule has 28 heavy (non-hydrogen) atoms. The van der Waals surface area contributed by atoms with Crippen LogP contribution >= 0.6 is 23.1 Å². The van der Waals surface area contributed by atoms with Crippen molar-refractivity contribution in [1.82, 2.24) is 0 Å². The second kappa shape index (κ2) is 12.1. The maximum atomic E-state index is 11.0. The molecule has 0 bridgehead atoms. The molecule has 2 aromatic rings. The van der Waals surface area contributed by atoms with Crippen LogP contribution in [0.1, 0.15) is 33.3 Å². The average Bonchev–Trinajstić information content (AvgIpc) is 3.13. The number of carboxylic acids is 1. The zero-order valence-electron chi connectivity index (χ0n) is 16.6. The lowest BCUT2D eigenvalue weighted by Gasteiger charge is -2.10. The molecule has 1 atom stereocenters. The summed E-state index contributed by atoms with van der Waals surface area (Å²) in [4.78, 5) is 11.1. The number of nitrogens with zero attached hydrogens (tertiary/aromatic N) is 1. The fourth-order valence-corrected chi connectivity index (χ4v) is 4.28. The number of allylic oxidation sites excluding steroid dienone is 4. The van der Waals surface area contributed by atoms with Crippen LogP contribution in [0, 0.1) is 17.2 Å². The first kappa shape index (κ1) is 23.5. The number of hydrogen-bond donors (Lipinski definition) is 2. The van der Waals surface area contributed by atoms with Crippen molar-refractivity contribution >= 4 is 44.7 Å². The number of benzene rings is 1. The number of aliphatic carboxylic acids is 1. The number of thiophene rings is 1. The minimum Gasteiger partial charge on any atom is -0.477 e. The van der Waals surface area contributed by atoms with Crippen LogP contribution in [0.3, 0.4) is 0 Å². The predicted octanol–water partition coefficient (Wildman–Crippen LogP) is 6.03. The molecule has 1 aromatic heterocycles. The molecule has 0 unspecified atom stereocenters. The van der Waals surface area contributed by atoms with Crippen molar-refractivity contribution in [1.29, 1.82) is 5.26 Å². The molecular formula is C22H26N2O2S2.